The average Bonchev–Trinajstić information content (AvgIpc) is 3.58. The lowest BCUT2D eigenvalue weighted by Gasteiger charge is -2.43. The number of hydrogen-bond acceptors (Lipinski definition) is 3. The molecule has 5 heteroatoms. The molecule has 2 aliphatic carbocycles. The number of carbonyl (C=O) groups is 2. The zero-order chi connectivity index (χ0) is 21.6. The van der Waals surface area contributed by atoms with Crippen LogP contribution in [-0.2, 0) is 11.3 Å². The molecule has 0 unspecified atom stereocenters. The van der Waals surface area contributed by atoms with E-state index in [1.165, 1.54) is 18.4 Å². The van der Waals surface area contributed by atoms with Crippen molar-refractivity contribution in [2.75, 3.05) is 12.4 Å². The molecule has 0 spiro atoms. The first-order valence-corrected chi connectivity index (χ1v) is 11.4. The Labute approximate surface area is 183 Å². The van der Waals surface area contributed by atoms with Crippen LogP contribution in [0, 0.1) is 6.92 Å². The first-order chi connectivity index (χ1) is 15.0. The van der Waals surface area contributed by atoms with Gasteiger partial charge in [-0.15, -0.1) is 0 Å². The molecule has 2 saturated carbocycles. The average molecular weight is 419 g/mol. The maximum atomic E-state index is 13.7. The van der Waals surface area contributed by atoms with E-state index in [0.29, 0.717) is 31.0 Å². The summed E-state index contributed by atoms with van der Waals surface area (Å²) in [6.07, 6.45) is 6.84. The van der Waals surface area contributed by atoms with Gasteiger partial charge in [0.05, 0.1) is 7.11 Å². The summed E-state index contributed by atoms with van der Waals surface area (Å²) < 4.78 is 5.42. The number of amides is 2. The molecular formula is C26H30N2O3. The van der Waals surface area contributed by atoms with Crippen molar-refractivity contribution in [1.82, 2.24) is 4.90 Å². The number of nitrogens with one attached hydrogen (secondary N) is 1. The minimum Gasteiger partial charge on any atom is -0.496 e. The first-order valence-electron chi connectivity index (χ1n) is 11.4. The van der Waals surface area contributed by atoms with Crippen LogP contribution in [0.15, 0.2) is 36.4 Å². The second kappa shape index (κ2) is 7.70. The smallest absolute Gasteiger partial charge is 0.255 e. The molecule has 2 aromatic rings. The fourth-order valence-corrected chi connectivity index (χ4v) is 5.38. The molecule has 1 heterocycles. The van der Waals surface area contributed by atoms with Crippen LogP contribution in [0.2, 0.25) is 0 Å². The van der Waals surface area contributed by atoms with E-state index in [1.54, 1.807) is 7.11 Å². The summed E-state index contributed by atoms with van der Waals surface area (Å²) in [5.41, 5.74) is 4.17. The van der Waals surface area contributed by atoms with E-state index in [1.807, 2.05) is 42.2 Å². The normalized spacial score (nSPS) is 19.8. The quantitative estimate of drug-likeness (QED) is 0.728. The zero-order valence-electron chi connectivity index (χ0n) is 18.4. The molecule has 2 fully saturated rings. The number of ether oxygens (including phenoxy) is 1. The fraction of sp³-hybridized carbons (Fsp3) is 0.462. The predicted molar refractivity (Wildman–Crippen MR) is 120 cm³/mol. The largest absolute Gasteiger partial charge is 0.496 e. The summed E-state index contributed by atoms with van der Waals surface area (Å²) in [6, 6.07) is 11.8. The van der Waals surface area contributed by atoms with Gasteiger partial charge in [0.15, 0.2) is 0 Å². The van der Waals surface area contributed by atoms with Crippen molar-refractivity contribution in [2.45, 2.75) is 69.9 Å². The molecule has 31 heavy (non-hydrogen) atoms. The summed E-state index contributed by atoms with van der Waals surface area (Å²) in [6.45, 7) is 2.52. The van der Waals surface area contributed by atoms with Gasteiger partial charge >= 0.3 is 0 Å². The third-order valence-corrected chi connectivity index (χ3v) is 7.31. The number of rotatable bonds is 5. The Morgan fingerprint density at radius 2 is 1.90 bits per heavy atom. The van der Waals surface area contributed by atoms with E-state index >= 15 is 0 Å². The third-order valence-electron chi connectivity index (χ3n) is 7.31. The minimum absolute atomic E-state index is 0.0102. The molecular weight excluding hydrogens is 388 g/mol. The molecule has 0 bridgehead atoms. The Bertz CT molecular complexity index is 1030. The Kier molecular flexibility index (Phi) is 4.99. The molecule has 0 radical (unpaired) electrons. The molecule has 0 aromatic heterocycles. The number of aryl methyl sites for hydroxylation is 1. The molecule has 2 amide bonds. The molecule has 0 saturated heterocycles. The van der Waals surface area contributed by atoms with Crippen LogP contribution >= 0.6 is 0 Å². The van der Waals surface area contributed by atoms with Crippen LogP contribution in [-0.4, -0.2) is 29.4 Å². The number of fused-ring (bicyclic) bond motifs is 1. The number of anilines is 1. The molecule has 2 aromatic carbocycles. The third kappa shape index (κ3) is 3.40. The maximum Gasteiger partial charge on any atom is 0.255 e. The van der Waals surface area contributed by atoms with Crippen molar-refractivity contribution in [3.8, 4) is 5.75 Å². The van der Waals surface area contributed by atoms with Crippen molar-refractivity contribution in [1.29, 1.82) is 0 Å². The van der Waals surface area contributed by atoms with Crippen LogP contribution in [0.5, 0.6) is 5.75 Å². The van der Waals surface area contributed by atoms with Crippen molar-refractivity contribution in [3.63, 3.8) is 0 Å². The van der Waals surface area contributed by atoms with Gasteiger partial charge < -0.3 is 15.0 Å². The zero-order valence-corrected chi connectivity index (χ0v) is 18.4. The highest BCUT2D eigenvalue weighted by Crippen LogP contribution is 2.46. The van der Waals surface area contributed by atoms with E-state index in [-0.39, 0.29) is 11.8 Å². The Balaban J connectivity index is 1.47. The maximum absolute atomic E-state index is 13.7. The molecule has 1 N–H and O–H groups in total. The van der Waals surface area contributed by atoms with Gasteiger partial charge in [-0.05, 0) is 67.3 Å². The monoisotopic (exact) mass is 418 g/mol. The van der Waals surface area contributed by atoms with E-state index in [0.717, 1.165) is 41.7 Å². The summed E-state index contributed by atoms with van der Waals surface area (Å²) in [5, 5.41) is 3.12. The lowest BCUT2D eigenvalue weighted by atomic mass is 9.79. The first kappa shape index (κ1) is 20.1. The highest BCUT2D eigenvalue weighted by Gasteiger charge is 2.50. The highest BCUT2D eigenvalue weighted by molar-refractivity contribution is 6.06. The Morgan fingerprint density at radius 3 is 2.61 bits per heavy atom. The predicted octanol–water partition coefficient (Wildman–Crippen LogP) is 5.18. The van der Waals surface area contributed by atoms with Crippen LogP contribution in [0.1, 0.15) is 77.9 Å². The molecule has 3 aliphatic rings. The molecule has 0 atom stereocenters. The summed E-state index contributed by atoms with van der Waals surface area (Å²) in [5.74, 6) is 1.26. The highest BCUT2D eigenvalue weighted by atomic mass is 16.5. The molecule has 162 valence electrons. The number of methoxy groups -OCH3 is 1. The van der Waals surface area contributed by atoms with Crippen molar-refractivity contribution < 1.29 is 14.3 Å². The van der Waals surface area contributed by atoms with E-state index in [4.69, 9.17) is 4.74 Å². The fourth-order valence-electron chi connectivity index (χ4n) is 5.38. The van der Waals surface area contributed by atoms with Gasteiger partial charge in [0, 0.05) is 23.9 Å². The SMILES string of the molecule is COc1cc(NC(=O)C2(N3Cc4c(cccc4C4CC4)C3=O)CCCCC2)ccc1C. The second-order valence-corrected chi connectivity index (χ2v) is 9.27. The van der Waals surface area contributed by atoms with E-state index < -0.39 is 5.54 Å². The number of benzene rings is 2. The summed E-state index contributed by atoms with van der Waals surface area (Å²) in [7, 11) is 1.63. The molecule has 5 rings (SSSR count). The Hall–Kier alpha value is -2.82. The van der Waals surface area contributed by atoms with Crippen LogP contribution in [0.4, 0.5) is 5.69 Å². The van der Waals surface area contributed by atoms with Crippen molar-refractivity contribution in [2.24, 2.45) is 0 Å². The molecule has 1 aliphatic heterocycles. The van der Waals surface area contributed by atoms with Crippen LogP contribution < -0.4 is 10.1 Å². The van der Waals surface area contributed by atoms with Gasteiger partial charge in [0.2, 0.25) is 5.91 Å². The summed E-state index contributed by atoms with van der Waals surface area (Å²) >= 11 is 0. The van der Waals surface area contributed by atoms with E-state index in [2.05, 4.69) is 11.4 Å². The minimum atomic E-state index is -0.798. The summed E-state index contributed by atoms with van der Waals surface area (Å²) in [4.78, 5) is 29.1. The number of nitrogens with zero attached hydrogens (tertiary/aromatic N) is 1. The second-order valence-electron chi connectivity index (χ2n) is 9.27. The molecule has 5 nitrogen and oxygen atoms in total. The van der Waals surface area contributed by atoms with Gasteiger partial charge in [-0.1, -0.05) is 37.5 Å². The lowest BCUT2D eigenvalue weighted by molar-refractivity contribution is -0.129. The topological polar surface area (TPSA) is 58.6 Å². The van der Waals surface area contributed by atoms with Gasteiger partial charge in [0.1, 0.15) is 11.3 Å². The Morgan fingerprint density at radius 1 is 1.13 bits per heavy atom. The van der Waals surface area contributed by atoms with Crippen LogP contribution in [0.3, 0.4) is 0 Å². The lowest BCUT2D eigenvalue weighted by Crippen LogP contribution is -2.58. The van der Waals surface area contributed by atoms with Crippen molar-refractivity contribution in [3.05, 3.63) is 58.7 Å². The van der Waals surface area contributed by atoms with Crippen LogP contribution in [0.25, 0.3) is 0 Å². The van der Waals surface area contributed by atoms with Gasteiger partial charge in [-0.3, -0.25) is 9.59 Å². The van der Waals surface area contributed by atoms with E-state index in [9.17, 15) is 9.59 Å². The van der Waals surface area contributed by atoms with Gasteiger partial charge in [-0.25, -0.2) is 0 Å². The standard InChI is InChI=1S/C26H30N2O3/c1-17-9-12-19(15-23(17)31-2)27-25(30)26(13-4-3-5-14-26)28-16-22-20(18-10-11-18)7-6-8-21(22)24(28)29/h6-9,12,15,18H,3-5,10-11,13-14,16H2,1-2H3,(H,27,30). The number of carbonyl (C=O) groups excluding carboxylic acids is 2. The number of hydrogen-bond donors (Lipinski definition) is 1. The van der Waals surface area contributed by atoms with Gasteiger partial charge in [-0.2, -0.15) is 0 Å². The van der Waals surface area contributed by atoms with Gasteiger partial charge in [0.25, 0.3) is 5.91 Å². The van der Waals surface area contributed by atoms with Crippen molar-refractivity contribution >= 4 is 17.5 Å².